The minimum absolute atomic E-state index is 0.452. The second kappa shape index (κ2) is 7.09. The zero-order chi connectivity index (χ0) is 11.8. The Kier molecular flexibility index (Phi) is 5.68. The van der Waals surface area contributed by atoms with E-state index in [0.717, 1.165) is 5.69 Å². The molecular weight excluding hydrogens is 238 g/mol. The minimum Gasteiger partial charge on any atom is -0.361 e. The van der Waals surface area contributed by atoms with Gasteiger partial charge in [-0.3, -0.25) is 0 Å². The van der Waals surface area contributed by atoms with Crippen molar-refractivity contribution in [3.8, 4) is 6.07 Å². The topological polar surface area (TPSA) is 47.8 Å². The summed E-state index contributed by atoms with van der Waals surface area (Å²) in [5, 5.41) is 14.9. The third-order valence-electron chi connectivity index (χ3n) is 1.87. The highest BCUT2D eigenvalue weighted by Crippen LogP contribution is 2.17. The molecule has 1 rings (SSSR count). The van der Waals surface area contributed by atoms with Gasteiger partial charge in [0.1, 0.15) is 0 Å². The van der Waals surface area contributed by atoms with Gasteiger partial charge in [0, 0.05) is 17.1 Å². The van der Waals surface area contributed by atoms with E-state index in [0.29, 0.717) is 18.1 Å². The van der Waals surface area contributed by atoms with Crippen LogP contribution in [0.25, 0.3) is 0 Å². The van der Waals surface area contributed by atoms with Gasteiger partial charge in [-0.25, -0.2) is 0 Å². The van der Waals surface area contributed by atoms with Crippen molar-refractivity contribution in [1.82, 2.24) is 5.32 Å². The number of nitrogens with zero attached hydrogens (tertiary/aromatic N) is 1. The van der Waals surface area contributed by atoms with Crippen LogP contribution in [0.1, 0.15) is 6.42 Å². The van der Waals surface area contributed by atoms with Crippen molar-refractivity contribution in [1.29, 1.82) is 5.26 Å². The first-order valence-electron chi connectivity index (χ1n) is 4.82. The fourth-order valence-corrected chi connectivity index (χ4v) is 1.71. The van der Waals surface area contributed by atoms with Gasteiger partial charge in [0.2, 0.25) is 0 Å². The van der Waals surface area contributed by atoms with Crippen LogP contribution in [0.2, 0.25) is 0 Å². The van der Waals surface area contributed by atoms with Crippen molar-refractivity contribution in [3.05, 3.63) is 24.3 Å². The summed E-state index contributed by atoms with van der Waals surface area (Å²) in [6.45, 7) is 0.575. The number of benzene rings is 1. The molecule has 0 unspecified atom stereocenters. The molecule has 16 heavy (non-hydrogen) atoms. The number of nitrogens with one attached hydrogen (secondary N) is 2. The number of anilines is 1. The molecule has 0 aliphatic heterocycles. The van der Waals surface area contributed by atoms with Crippen molar-refractivity contribution >= 4 is 34.8 Å². The van der Waals surface area contributed by atoms with Crippen molar-refractivity contribution in [2.75, 3.05) is 18.1 Å². The standard InChI is InChI=1S/C11H13N3S2/c1-16-10-5-3-9(4-6-10)14-11(15)13-8-2-7-12/h3-6H,2,8H2,1H3,(H2,13,14,15). The Balaban J connectivity index is 2.41. The highest BCUT2D eigenvalue weighted by atomic mass is 32.2. The van der Waals surface area contributed by atoms with Gasteiger partial charge in [0.05, 0.1) is 12.5 Å². The fraction of sp³-hybridized carbons (Fsp3) is 0.273. The van der Waals surface area contributed by atoms with Crippen molar-refractivity contribution < 1.29 is 0 Å². The highest BCUT2D eigenvalue weighted by Gasteiger charge is 1.96. The number of nitriles is 1. The van der Waals surface area contributed by atoms with Gasteiger partial charge in [-0.2, -0.15) is 5.26 Å². The lowest BCUT2D eigenvalue weighted by molar-refractivity contribution is 0.905. The summed E-state index contributed by atoms with van der Waals surface area (Å²) in [6.07, 6.45) is 2.49. The Morgan fingerprint density at radius 1 is 1.44 bits per heavy atom. The van der Waals surface area contributed by atoms with E-state index in [2.05, 4.69) is 10.6 Å². The Morgan fingerprint density at radius 3 is 2.69 bits per heavy atom. The zero-order valence-electron chi connectivity index (χ0n) is 8.99. The van der Waals surface area contributed by atoms with E-state index in [9.17, 15) is 0 Å². The molecule has 84 valence electrons. The van der Waals surface area contributed by atoms with Gasteiger partial charge >= 0.3 is 0 Å². The van der Waals surface area contributed by atoms with Crippen molar-refractivity contribution in [3.63, 3.8) is 0 Å². The molecule has 0 heterocycles. The second-order valence-corrected chi connectivity index (χ2v) is 4.31. The van der Waals surface area contributed by atoms with E-state index < -0.39 is 0 Å². The maximum atomic E-state index is 8.37. The molecule has 0 amide bonds. The molecule has 0 radical (unpaired) electrons. The molecule has 0 spiro atoms. The highest BCUT2D eigenvalue weighted by molar-refractivity contribution is 7.98. The lowest BCUT2D eigenvalue weighted by Crippen LogP contribution is -2.28. The third-order valence-corrected chi connectivity index (χ3v) is 2.86. The first-order valence-corrected chi connectivity index (χ1v) is 6.45. The lowest BCUT2D eigenvalue weighted by Gasteiger charge is -2.09. The quantitative estimate of drug-likeness (QED) is 0.489. The molecule has 0 aliphatic carbocycles. The molecule has 2 N–H and O–H groups in total. The van der Waals surface area contributed by atoms with Crippen LogP contribution in [-0.2, 0) is 0 Å². The molecule has 3 nitrogen and oxygen atoms in total. The molecule has 0 bridgehead atoms. The molecule has 1 aromatic rings. The molecule has 0 saturated heterocycles. The van der Waals surface area contributed by atoms with Crippen LogP contribution >= 0.6 is 24.0 Å². The number of rotatable bonds is 4. The van der Waals surface area contributed by atoms with Crippen LogP contribution in [0.5, 0.6) is 0 Å². The van der Waals surface area contributed by atoms with E-state index in [-0.39, 0.29) is 0 Å². The summed E-state index contributed by atoms with van der Waals surface area (Å²) in [7, 11) is 0. The van der Waals surface area contributed by atoms with E-state index in [4.69, 9.17) is 17.5 Å². The SMILES string of the molecule is CSc1ccc(NC(=S)NCCC#N)cc1. The first-order chi connectivity index (χ1) is 7.76. The summed E-state index contributed by atoms with van der Waals surface area (Å²) in [5.74, 6) is 0. The van der Waals surface area contributed by atoms with Crippen molar-refractivity contribution in [2.45, 2.75) is 11.3 Å². The maximum Gasteiger partial charge on any atom is 0.170 e. The number of thiocarbonyl (C=S) groups is 1. The predicted octanol–water partition coefficient (Wildman–Crippen LogP) is 2.61. The monoisotopic (exact) mass is 251 g/mol. The average Bonchev–Trinajstić information content (AvgIpc) is 2.30. The second-order valence-electron chi connectivity index (χ2n) is 3.02. The average molecular weight is 251 g/mol. The van der Waals surface area contributed by atoms with Gasteiger partial charge in [-0.15, -0.1) is 11.8 Å². The van der Waals surface area contributed by atoms with Crippen LogP contribution in [0, 0.1) is 11.3 Å². The molecule has 5 heteroatoms. The largest absolute Gasteiger partial charge is 0.361 e. The van der Waals surface area contributed by atoms with E-state index in [1.165, 1.54) is 4.90 Å². The summed E-state index contributed by atoms with van der Waals surface area (Å²) in [4.78, 5) is 1.22. The molecule has 0 atom stereocenters. The van der Waals surface area contributed by atoms with E-state index in [1.54, 1.807) is 11.8 Å². The number of hydrogen-bond acceptors (Lipinski definition) is 3. The third kappa shape index (κ3) is 4.51. The Hall–Kier alpha value is -1.25. The minimum atomic E-state index is 0.452. The van der Waals surface area contributed by atoms with Crippen LogP contribution in [-0.4, -0.2) is 17.9 Å². The van der Waals surface area contributed by atoms with Crippen LogP contribution in [0.15, 0.2) is 29.2 Å². The molecule has 0 aliphatic rings. The zero-order valence-corrected chi connectivity index (χ0v) is 10.6. The van der Waals surface area contributed by atoms with Gasteiger partial charge < -0.3 is 10.6 Å². The van der Waals surface area contributed by atoms with Crippen LogP contribution in [0.3, 0.4) is 0 Å². The van der Waals surface area contributed by atoms with Crippen molar-refractivity contribution in [2.24, 2.45) is 0 Å². The lowest BCUT2D eigenvalue weighted by atomic mass is 10.3. The van der Waals surface area contributed by atoms with Crippen LogP contribution < -0.4 is 10.6 Å². The summed E-state index contributed by atoms with van der Waals surface area (Å²) in [6, 6.07) is 10.1. The maximum absolute atomic E-state index is 8.37. The van der Waals surface area contributed by atoms with Gasteiger partial charge in [0.15, 0.2) is 5.11 Å². The molecule has 0 aromatic heterocycles. The molecule has 0 fully saturated rings. The molecule has 0 saturated carbocycles. The smallest absolute Gasteiger partial charge is 0.170 e. The first kappa shape index (κ1) is 12.8. The van der Waals surface area contributed by atoms with E-state index >= 15 is 0 Å². The Morgan fingerprint density at radius 2 is 2.12 bits per heavy atom. The van der Waals surface area contributed by atoms with Gasteiger partial charge in [0.25, 0.3) is 0 Å². The number of hydrogen-bond donors (Lipinski definition) is 2. The van der Waals surface area contributed by atoms with E-state index in [1.807, 2.05) is 36.6 Å². The summed E-state index contributed by atoms with van der Waals surface area (Å²) < 4.78 is 0. The number of thioether (sulfide) groups is 1. The van der Waals surface area contributed by atoms with Crippen LogP contribution in [0.4, 0.5) is 5.69 Å². The van der Waals surface area contributed by atoms with Gasteiger partial charge in [-0.05, 0) is 42.7 Å². The van der Waals surface area contributed by atoms with Gasteiger partial charge in [-0.1, -0.05) is 0 Å². The molecular formula is C11H13N3S2. The summed E-state index contributed by atoms with van der Waals surface area (Å²) >= 11 is 6.77. The predicted molar refractivity (Wildman–Crippen MR) is 72.7 cm³/mol. The normalized spacial score (nSPS) is 9.25. The summed E-state index contributed by atoms with van der Waals surface area (Å²) in [5.41, 5.74) is 0.951. The molecule has 1 aromatic carbocycles. The Bertz CT molecular complexity index is 381. The fourth-order valence-electron chi connectivity index (χ4n) is 1.08. The Labute approximate surface area is 105 Å².